The monoisotopic (exact) mass is 332 g/mol. The molecule has 0 radical (unpaired) electrons. The summed E-state index contributed by atoms with van der Waals surface area (Å²) in [7, 11) is 2.14. The minimum Gasteiger partial charge on any atom is -0.376 e. The zero-order valence-electron chi connectivity index (χ0n) is 15.3. The van der Waals surface area contributed by atoms with Crippen molar-refractivity contribution in [1.29, 1.82) is 0 Å². The van der Waals surface area contributed by atoms with Gasteiger partial charge in [0.2, 0.25) is 0 Å². The molecule has 1 fully saturated rings. The first-order chi connectivity index (χ1) is 11.7. The van der Waals surface area contributed by atoms with E-state index in [4.69, 9.17) is 9.73 Å². The van der Waals surface area contributed by atoms with Gasteiger partial charge in [-0.25, -0.2) is 4.99 Å². The summed E-state index contributed by atoms with van der Waals surface area (Å²) in [5, 5.41) is 6.70. The molecule has 1 saturated heterocycles. The molecule has 1 aliphatic heterocycles. The van der Waals surface area contributed by atoms with Gasteiger partial charge in [0.1, 0.15) is 0 Å². The van der Waals surface area contributed by atoms with Crippen LogP contribution in [-0.2, 0) is 17.8 Å². The van der Waals surface area contributed by atoms with Gasteiger partial charge in [-0.3, -0.25) is 0 Å². The van der Waals surface area contributed by atoms with Crippen molar-refractivity contribution in [2.24, 2.45) is 4.99 Å². The molecule has 0 amide bonds. The highest BCUT2D eigenvalue weighted by Crippen LogP contribution is 2.11. The summed E-state index contributed by atoms with van der Waals surface area (Å²) in [5.74, 6) is 0.865. The molecule has 2 rings (SSSR count). The van der Waals surface area contributed by atoms with Gasteiger partial charge in [0.05, 0.1) is 12.6 Å². The summed E-state index contributed by atoms with van der Waals surface area (Å²) < 4.78 is 5.66. The number of aliphatic imine (C=N–C) groups is 1. The zero-order valence-corrected chi connectivity index (χ0v) is 15.3. The fraction of sp³-hybridized carbons (Fsp3) is 0.632. The number of hydrogen-bond donors (Lipinski definition) is 2. The van der Waals surface area contributed by atoms with E-state index in [1.807, 2.05) is 0 Å². The predicted molar refractivity (Wildman–Crippen MR) is 100 cm³/mol. The fourth-order valence-electron chi connectivity index (χ4n) is 2.78. The van der Waals surface area contributed by atoms with Crippen molar-refractivity contribution in [1.82, 2.24) is 15.5 Å². The largest absolute Gasteiger partial charge is 0.376 e. The minimum absolute atomic E-state index is 0.321. The maximum atomic E-state index is 5.66. The molecule has 1 atom stereocenters. The standard InChI is InChI=1S/C19H32N4O/c1-4-20-19(22-14-18-10-7-11-24-18)21-13-16-8-6-9-17(12-16)15-23(3)5-2/h6,8-9,12,18H,4-5,7,10-11,13-15H2,1-3H3,(H2,20,21,22). The van der Waals surface area contributed by atoms with Crippen LogP contribution in [0, 0.1) is 0 Å². The summed E-state index contributed by atoms with van der Waals surface area (Å²) in [6.07, 6.45) is 2.63. The summed E-state index contributed by atoms with van der Waals surface area (Å²) in [4.78, 5) is 7.01. The van der Waals surface area contributed by atoms with Gasteiger partial charge in [-0.2, -0.15) is 0 Å². The average molecular weight is 332 g/mol. The molecule has 1 aromatic rings. The number of rotatable bonds is 8. The van der Waals surface area contributed by atoms with Crippen LogP contribution in [0.1, 0.15) is 37.8 Å². The third kappa shape index (κ3) is 6.49. The minimum atomic E-state index is 0.321. The first kappa shape index (κ1) is 18.7. The van der Waals surface area contributed by atoms with Crippen LogP contribution in [-0.4, -0.2) is 50.3 Å². The van der Waals surface area contributed by atoms with Crippen molar-refractivity contribution in [3.63, 3.8) is 0 Å². The van der Waals surface area contributed by atoms with Gasteiger partial charge in [0.15, 0.2) is 5.96 Å². The Kier molecular flexibility index (Phi) is 8.05. The molecular formula is C19H32N4O. The van der Waals surface area contributed by atoms with Crippen LogP contribution in [0.4, 0.5) is 0 Å². The molecular weight excluding hydrogens is 300 g/mol. The quantitative estimate of drug-likeness (QED) is 0.567. The van der Waals surface area contributed by atoms with Crippen molar-refractivity contribution in [2.45, 2.75) is 45.9 Å². The van der Waals surface area contributed by atoms with Crippen molar-refractivity contribution in [3.8, 4) is 0 Å². The van der Waals surface area contributed by atoms with Crippen LogP contribution in [0.5, 0.6) is 0 Å². The van der Waals surface area contributed by atoms with Gasteiger partial charge < -0.3 is 20.3 Å². The molecule has 0 saturated carbocycles. The normalized spacial score (nSPS) is 18.2. The Morgan fingerprint density at radius 3 is 2.83 bits per heavy atom. The van der Waals surface area contributed by atoms with E-state index in [0.717, 1.165) is 45.2 Å². The number of nitrogens with zero attached hydrogens (tertiary/aromatic N) is 2. The number of hydrogen-bond acceptors (Lipinski definition) is 3. The van der Waals surface area contributed by atoms with Gasteiger partial charge in [-0.1, -0.05) is 31.2 Å². The van der Waals surface area contributed by atoms with E-state index in [1.54, 1.807) is 0 Å². The Hall–Kier alpha value is -1.59. The molecule has 2 N–H and O–H groups in total. The Morgan fingerprint density at radius 2 is 2.12 bits per heavy atom. The highest BCUT2D eigenvalue weighted by molar-refractivity contribution is 5.79. The summed E-state index contributed by atoms with van der Waals surface area (Å²) in [6.45, 7) is 9.56. The molecule has 1 unspecified atom stereocenters. The van der Waals surface area contributed by atoms with Gasteiger partial charge in [-0.05, 0) is 44.5 Å². The van der Waals surface area contributed by atoms with Crippen molar-refractivity contribution >= 4 is 5.96 Å². The molecule has 0 bridgehead atoms. The van der Waals surface area contributed by atoms with E-state index < -0.39 is 0 Å². The van der Waals surface area contributed by atoms with E-state index in [0.29, 0.717) is 12.6 Å². The Morgan fingerprint density at radius 1 is 1.29 bits per heavy atom. The van der Waals surface area contributed by atoms with E-state index in [9.17, 15) is 0 Å². The lowest BCUT2D eigenvalue weighted by molar-refractivity contribution is 0.114. The summed E-state index contributed by atoms with van der Waals surface area (Å²) >= 11 is 0. The SMILES string of the molecule is CCNC(=NCc1cccc(CN(C)CC)c1)NCC1CCCO1. The number of guanidine groups is 1. The second-order valence-electron chi connectivity index (χ2n) is 6.36. The van der Waals surface area contributed by atoms with Crippen LogP contribution in [0.15, 0.2) is 29.3 Å². The highest BCUT2D eigenvalue weighted by atomic mass is 16.5. The molecule has 0 aliphatic carbocycles. The van der Waals surface area contributed by atoms with Crippen molar-refractivity contribution in [2.75, 3.05) is 33.3 Å². The van der Waals surface area contributed by atoms with Crippen molar-refractivity contribution in [3.05, 3.63) is 35.4 Å². The van der Waals surface area contributed by atoms with Gasteiger partial charge >= 0.3 is 0 Å². The van der Waals surface area contributed by atoms with E-state index in [2.05, 4.69) is 60.7 Å². The fourth-order valence-corrected chi connectivity index (χ4v) is 2.78. The van der Waals surface area contributed by atoms with Gasteiger partial charge in [0, 0.05) is 26.2 Å². The maximum absolute atomic E-state index is 5.66. The molecule has 0 aromatic heterocycles. The number of nitrogens with one attached hydrogen (secondary N) is 2. The Labute approximate surface area is 146 Å². The van der Waals surface area contributed by atoms with E-state index in [1.165, 1.54) is 17.5 Å². The van der Waals surface area contributed by atoms with Crippen LogP contribution in [0.2, 0.25) is 0 Å². The zero-order chi connectivity index (χ0) is 17.2. The molecule has 24 heavy (non-hydrogen) atoms. The van der Waals surface area contributed by atoms with Crippen LogP contribution < -0.4 is 10.6 Å². The first-order valence-electron chi connectivity index (χ1n) is 9.11. The first-order valence-corrected chi connectivity index (χ1v) is 9.11. The predicted octanol–water partition coefficient (Wildman–Crippen LogP) is 2.37. The lowest BCUT2D eigenvalue weighted by Crippen LogP contribution is -2.41. The van der Waals surface area contributed by atoms with Gasteiger partial charge in [-0.15, -0.1) is 0 Å². The van der Waals surface area contributed by atoms with Gasteiger partial charge in [0.25, 0.3) is 0 Å². The molecule has 1 aliphatic rings. The Balaban J connectivity index is 1.90. The topological polar surface area (TPSA) is 48.9 Å². The molecule has 1 aromatic carbocycles. The number of benzene rings is 1. The second kappa shape index (κ2) is 10.3. The third-order valence-electron chi connectivity index (χ3n) is 4.27. The Bertz CT molecular complexity index is 512. The number of ether oxygens (including phenoxy) is 1. The molecule has 1 heterocycles. The van der Waals surface area contributed by atoms with E-state index in [-0.39, 0.29) is 0 Å². The summed E-state index contributed by atoms with van der Waals surface area (Å²) in [5.41, 5.74) is 2.58. The smallest absolute Gasteiger partial charge is 0.191 e. The molecule has 5 heteroatoms. The maximum Gasteiger partial charge on any atom is 0.191 e. The lowest BCUT2D eigenvalue weighted by Gasteiger charge is -2.15. The highest BCUT2D eigenvalue weighted by Gasteiger charge is 2.15. The molecule has 0 spiro atoms. The second-order valence-corrected chi connectivity index (χ2v) is 6.36. The van der Waals surface area contributed by atoms with Crippen LogP contribution >= 0.6 is 0 Å². The molecule has 134 valence electrons. The van der Waals surface area contributed by atoms with Crippen LogP contribution in [0.3, 0.4) is 0 Å². The lowest BCUT2D eigenvalue weighted by atomic mass is 10.1. The summed E-state index contributed by atoms with van der Waals surface area (Å²) in [6, 6.07) is 8.69. The molecule has 5 nitrogen and oxygen atoms in total. The average Bonchev–Trinajstić information content (AvgIpc) is 3.11. The van der Waals surface area contributed by atoms with E-state index >= 15 is 0 Å². The third-order valence-corrected chi connectivity index (χ3v) is 4.27. The van der Waals surface area contributed by atoms with Crippen LogP contribution in [0.25, 0.3) is 0 Å². The van der Waals surface area contributed by atoms with Crippen molar-refractivity contribution < 1.29 is 4.74 Å².